The Balaban J connectivity index is 0.00000324. The average molecular weight is 308 g/mol. The van der Waals surface area contributed by atoms with Gasteiger partial charge in [0.1, 0.15) is 5.75 Å². The van der Waals surface area contributed by atoms with Crippen LogP contribution in [-0.2, 0) is 6.54 Å². The van der Waals surface area contributed by atoms with E-state index in [0.29, 0.717) is 6.61 Å². The van der Waals surface area contributed by atoms with Gasteiger partial charge in [0.25, 0.3) is 0 Å². The molecule has 0 aliphatic heterocycles. The first kappa shape index (κ1) is 18.5. The van der Waals surface area contributed by atoms with Crippen molar-refractivity contribution in [2.24, 2.45) is 0 Å². The van der Waals surface area contributed by atoms with Crippen molar-refractivity contribution in [2.75, 3.05) is 19.8 Å². The topological polar surface area (TPSA) is 41.5 Å². The van der Waals surface area contributed by atoms with Gasteiger partial charge in [-0.05, 0) is 50.9 Å². The minimum Gasteiger partial charge on any atom is -0.494 e. The molecule has 0 saturated heterocycles. The number of unbranched alkanes of at least 4 members (excludes halogenated alkanes) is 2. The summed E-state index contributed by atoms with van der Waals surface area (Å²) < 4.78 is 5.56. The van der Waals surface area contributed by atoms with Gasteiger partial charge in [-0.1, -0.05) is 11.6 Å². The van der Waals surface area contributed by atoms with Crippen molar-refractivity contribution in [1.82, 2.24) is 5.32 Å². The van der Waals surface area contributed by atoms with Crippen LogP contribution in [0.25, 0.3) is 0 Å². The largest absolute Gasteiger partial charge is 0.494 e. The third kappa shape index (κ3) is 7.63. The Hall–Kier alpha value is -0.480. The van der Waals surface area contributed by atoms with E-state index < -0.39 is 0 Å². The minimum atomic E-state index is 0. The van der Waals surface area contributed by atoms with E-state index in [2.05, 4.69) is 5.32 Å². The van der Waals surface area contributed by atoms with Crippen molar-refractivity contribution in [2.45, 2.75) is 32.7 Å². The maximum atomic E-state index is 8.68. The second kappa shape index (κ2) is 11.4. The van der Waals surface area contributed by atoms with E-state index >= 15 is 0 Å². The second-order valence-electron chi connectivity index (χ2n) is 4.15. The van der Waals surface area contributed by atoms with E-state index in [-0.39, 0.29) is 19.0 Å². The maximum Gasteiger partial charge on any atom is 0.123 e. The molecule has 5 heteroatoms. The van der Waals surface area contributed by atoms with E-state index in [4.69, 9.17) is 21.4 Å². The monoisotopic (exact) mass is 307 g/mol. The van der Waals surface area contributed by atoms with Crippen molar-refractivity contribution in [3.63, 3.8) is 0 Å². The van der Waals surface area contributed by atoms with Crippen LogP contribution in [0.1, 0.15) is 31.7 Å². The van der Waals surface area contributed by atoms with E-state index in [0.717, 1.165) is 48.7 Å². The third-order valence-electron chi connectivity index (χ3n) is 2.65. The lowest BCUT2D eigenvalue weighted by Crippen LogP contribution is -2.15. The van der Waals surface area contributed by atoms with Gasteiger partial charge >= 0.3 is 0 Å². The van der Waals surface area contributed by atoms with Crippen LogP contribution in [0.15, 0.2) is 18.2 Å². The number of benzene rings is 1. The third-order valence-corrected chi connectivity index (χ3v) is 2.88. The van der Waals surface area contributed by atoms with Gasteiger partial charge in [-0.3, -0.25) is 0 Å². The first-order chi connectivity index (χ1) is 8.77. The lowest BCUT2D eigenvalue weighted by Gasteiger charge is -2.11. The molecule has 0 unspecified atom stereocenters. The Morgan fingerprint density at radius 3 is 2.74 bits per heavy atom. The summed E-state index contributed by atoms with van der Waals surface area (Å²) in [5, 5.41) is 12.8. The lowest BCUT2D eigenvalue weighted by atomic mass is 10.2. The fourth-order valence-electron chi connectivity index (χ4n) is 1.74. The summed E-state index contributed by atoms with van der Waals surface area (Å²) in [6.07, 6.45) is 3.01. The van der Waals surface area contributed by atoms with Crippen LogP contribution in [0.2, 0.25) is 5.02 Å². The highest BCUT2D eigenvalue weighted by Gasteiger charge is 2.03. The van der Waals surface area contributed by atoms with Crippen molar-refractivity contribution in [3.8, 4) is 5.75 Å². The Bertz CT molecular complexity index is 348. The minimum absolute atomic E-state index is 0. The molecule has 1 aromatic rings. The molecule has 1 aromatic carbocycles. The standard InChI is InChI=1S/C14H22ClNO2.ClH/c1-2-18-14-7-6-13(15)10-12(14)11-16-8-4-3-5-9-17;/h6-7,10,16-17H,2-5,8-9,11H2,1H3;1H. The zero-order valence-corrected chi connectivity index (χ0v) is 12.9. The summed E-state index contributed by atoms with van der Waals surface area (Å²) >= 11 is 5.99. The molecule has 0 aliphatic rings. The molecule has 0 aliphatic carbocycles. The van der Waals surface area contributed by atoms with Crippen LogP contribution in [0, 0.1) is 0 Å². The van der Waals surface area contributed by atoms with Gasteiger partial charge < -0.3 is 15.2 Å². The van der Waals surface area contributed by atoms with Crippen molar-refractivity contribution in [1.29, 1.82) is 0 Å². The van der Waals surface area contributed by atoms with Crippen LogP contribution in [0.5, 0.6) is 5.75 Å². The van der Waals surface area contributed by atoms with Gasteiger partial charge in [0.05, 0.1) is 6.61 Å². The van der Waals surface area contributed by atoms with Crippen molar-refractivity contribution in [3.05, 3.63) is 28.8 Å². The number of hydrogen-bond acceptors (Lipinski definition) is 3. The molecule has 1 rings (SSSR count). The van der Waals surface area contributed by atoms with Crippen molar-refractivity contribution >= 4 is 24.0 Å². The zero-order chi connectivity index (χ0) is 13.2. The molecular weight excluding hydrogens is 285 g/mol. The van der Waals surface area contributed by atoms with Crippen LogP contribution in [0.4, 0.5) is 0 Å². The smallest absolute Gasteiger partial charge is 0.123 e. The van der Waals surface area contributed by atoms with Crippen LogP contribution >= 0.6 is 24.0 Å². The molecular formula is C14H23Cl2NO2. The van der Waals surface area contributed by atoms with Gasteiger partial charge in [0.2, 0.25) is 0 Å². The maximum absolute atomic E-state index is 8.68. The summed E-state index contributed by atoms with van der Waals surface area (Å²) in [5.74, 6) is 0.893. The Labute approximate surface area is 126 Å². The van der Waals surface area contributed by atoms with Gasteiger partial charge in [-0.15, -0.1) is 12.4 Å². The Morgan fingerprint density at radius 1 is 1.26 bits per heavy atom. The quantitative estimate of drug-likeness (QED) is 0.687. The first-order valence-electron chi connectivity index (χ1n) is 6.50. The SMILES string of the molecule is CCOc1ccc(Cl)cc1CNCCCCCO.Cl. The summed E-state index contributed by atoms with van der Waals surface area (Å²) in [6.45, 7) is 4.61. The van der Waals surface area contributed by atoms with Gasteiger partial charge in [-0.25, -0.2) is 0 Å². The molecule has 0 bridgehead atoms. The Kier molecular flexibility index (Phi) is 11.1. The number of aliphatic hydroxyl groups excluding tert-OH is 1. The van der Waals surface area contributed by atoms with Gasteiger partial charge in [-0.2, -0.15) is 0 Å². The normalized spacial score (nSPS) is 10.1. The average Bonchev–Trinajstić information content (AvgIpc) is 2.37. The molecule has 0 fully saturated rings. The number of hydrogen-bond donors (Lipinski definition) is 2. The molecule has 3 nitrogen and oxygen atoms in total. The summed E-state index contributed by atoms with van der Waals surface area (Å²) in [7, 11) is 0. The second-order valence-corrected chi connectivity index (χ2v) is 4.58. The molecule has 0 radical (unpaired) electrons. The highest BCUT2D eigenvalue weighted by Crippen LogP contribution is 2.22. The molecule has 0 atom stereocenters. The molecule has 0 aromatic heterocycles. The molecule has 0 saturated carbocycles. The van der Waals surface area contributed by atoms with E-state index in [1.165, 1.54) is 0 Å². The zero-order valence-electron chi connectivity index (χ0n) is 11.3. The molecule has 19 heavy (non-hydrogen) atoms. The number of halogens is 2. The predicted molar refractivity (Wildman–Crippen MR) is 82.5 cm³/mol. The summed E-state index contributed by atoms with van der Waals surface area (Å²) in [5.41, 5.74) is 1.09. The van der Waals surface area contributed by atoms with Crippen molar-refractivity contribution < 1.29 is 9.84 Å². The van der Waals surface area contributed by atoms with Crippen LogP contribution < -0.4 is 10.1 Å². The molecule has 0 amide bonds. The summed E-state index contributed by atoms with van der Waals surface area (Å²) in [4.78, 5) is 0. The van der Waals surface area contributed by atoms with Crippen LogP contribution in [0.3, 0.4) is 0 Å². The van der Waals surface area contributed by atoms with E-state index in [1.54, 1.807) is 0 Å². The first-order valence-corrected chi connectivity index (χ1v) is 6.88. The summed E-state index contributed by atoms with van der Waals surface area (Å²) in [6, 6.07) is 5.69. The molecule has 2 N–H and O–H groups in total. The van der Waals surface area contributed by atoms with Gasteiger partial charge in [0.15, 0.2) is 0 Å². The highest BCUT2D eigenvalue weighted by molar-refractivity contribution is 6.30. The van der Waals surface area contributed by atoms with Gasteiger partial charge in [0, 0.05) is 23.7 Å². The lowest BCUT2D eigenvalue weighted by molar-refractivity contribution is 0.283. The van der Waals surface area contributed by atoms with E-state index in [1.807, 2.05) is 25.1 Å². The number of rotatable bonds is 9. The fourth-order valence-corrected chi connectivity index (χ4v) is 1.94. The van der Waals surface area contributed by atoms with Crippen LogP contribution in [-0.4, -0.2) is 24.9 Å². The predicted octanol–water partition coefficient (Wildman–Crippen LogP) is 3.41. The Morgan fingerprint density at radius 2 is 2.05 bits per heavy atom. The molecule has 0 spiro atoms. The number of ether oxygens (including phenoxy) is 1. The number of nitrogens with one attached hydrogen (secondary N) is 1. The molecule has 110 valence electrons. The number of aliphatic hydroxyl groups is 1. The van der Waals surface area contributed by atoms with E-state index in [9.17, 15) is 0 Å². The highest BCUT2D eigenvalue weighted by atomic mass is 35.5. The fraction of sp³-hybridized carbons (Fsp3) is 0.571. The molecule has 0 heterocycles.